The van der Waals surface area contributed by atoms with Crippen LogP contribution in [0, 0.1) is 23.3 Å². The summed E-state index contributed by atoms with van der Waals surface area (Å²) < 4.78 is 52.2. The molecule has 3 N–H and O–H groups in total. The van der Waals surface area contributed by atoms with Gasteiger partial charge in [-0.3, -0.25) is 4.79 Å². The summed E-state index contributed by atoms with van der Waals surface area (Å²) in [6.07, 6.45) is 0. The highest BCUT2D eigenvalue weighted by Gasteiger charge is 2.16. The van der Waals surface area contributed by atoms with Crippen molar-refractivity contribution >= 4 is 17.3 Å². The van der Waals surface area contributed by atoms with Crippen LogP contribution in [0.2, 0.25) is 0 Å². The molecule has 0 heterocycles. The van der Waals surface area contributed by atoms with Gasteiger partial charge in [-0.1, -0.05) is 0 Å². The fraction of sp³-hybridized carbons (Fsp3) is 0. The summed E-state index contributed by atoms with van der Waals surface area (Å²) in [5.74, 6) is -5.83. The first kappa shape index (κ1) is 13.9. The van der Waals surface area contributed by atoms with Crippen molar-refractivity contribution in [3.05, 3.63) is 59.2 Å². The molecular weight excluding hydrogens is 276 g/mol. The summed E-state index contributed by atoms with van der Waals surface area (Å²) in [6, 6.07) is 4.26. The van der Waals surface area contributed by atoms with Gasteiger partial charge in [0.05, 0.1) is 5.69 Å². The molecule has 0 aliphatic carbocycles. The first-order valence-electron chi connectivity index (χ1n) is 5.40. The molecule has 0 spiro atoms. The molecule has 0 saturated heterocycles. The van der Waals surface area contributed by atoms with E-state index in [9.17, 15) is 22.4 Å². The number of hydrogen-bond acceptors (Lipinski definition) is 2. The van der Waals surface area contributed by atoms with Crippen molar-refractivity contribution in [3.8, 4) is 0 Å². The number of nitrogen functional groups attached to an aromatic ring is 1. The maximum Gasteiger partial charge on any atom is 0.255 e. The van der Waals surface area contributed by atoms with Crippen molar-refractivity contribution in [2.75, 3.05) is 11.1 Å². The van der Waals surface area contributed by atoms with Gasteiger partial charge in [0.25, 0.3) is 5.91 Å². The minimum atomic E-state index is -1.33. The van der Waals surface area contributed by atoms with E-state index in [0.29, 0.717) is 6.07 Å². The molecule has 7 heteroatoms. The molecule has 0 aliphatic rings. The second kappa shape index (κ2) is 5.20. The Morgan fingerprint density at radius 2 is 1.60 bits per heavy atom. The van der Waals surface area contributed by atoms with Gasteiger partial charge in [0.2, 0.25) is 0 Å². The quantitative estimate of drug-likeness (QED) is 0.657. The first-order valence-corrected chi connectivity index (χ1v) is 5.40. The molecule has 0 fully saturated rings. The maximum atomic E-state index is 13.5. The molecule has 0 radical (unpaired) electrons. The monoisotopic (exact) mass is 284 g/mol. The third-order valence-corrected chi connectivity index (χ3v) is 2.55. The molecule has 0 aliphatic heterocycles. The summed E-state index contributed by atoms with van der Waals surface area (Å²) in [5.41, 5.74) is 4.41. The number of hydrogen-bond donors (Lipinski definition) is 2. The summed E-state index contributed by atoms with van der Waals surface area (Å²) in [6.45, 7) is 0. The fourth-order valence-corrected chi connectivity index (χ4v) is 1.52. The van der Waals surface area contributed by atoms with E-state index in [0.717, 1.165) is 24.3 Å². The topological polar surface area (TPSA) is 55.1 Å². The predicted octanol–water partition coefficient (Wildman–Crippen LogP) is 3.08. The Morgan fingerprint density at radius 3 is 2.25 bits per heavy atom. The van der Waals surface area contributed by atoms with Gasteiger partial charge in [0, 0.05) is 5.56 Å². The van der Waals surface area contributed by atoms with Crippen LogP contribution in [0.5, 0.6) is 0 Å². The van der Waals surface area contributed by atoms with Crippen molar-refractivity contribution < 1.29 is 22.4 Å². The lowest BCUT2D eigenvalue weighted by molar-refractivity contribution is 0.102. The number of nitrogens with two attached hydrogens (primary N) is 1. The molecule has 0 atom stereocenters. The second-order valence-corrected chi connectivity index (χ2v) is 3.91. The average molecular weight is 284 g/mol. The Hall–Kier alpha value is -2.57. The Balaban J connectivity index is 2.32. The summed E-state index contributed by atoms with van der Waals surface area (Å²) in [4.78, 5) is 11.7. The van der Waals surface area contributed by atoms with E-state index >= 15 is 0 Å². The van der Waals surface area contributed by atoms with Crippen LogP contribution < -0.4 is 11.1 Å². The van der Waals surface area contributed by atoms with Crippen molar-refractivity contribution in [3.63, 3.8) is 0 Å². The molecule has 0 unspecified atom stereocenters. The van der Waals surface area contributed by atoms with E-state index in [-0.39, 0.29) is 11.3 Å². The van der Waals surface area contributed by atoms with Crippen LogP contribution in [0.3, 0.4) is 0 Å². The third kappa shape index (κ3) is 2.56. The lowest BCUT2D eigenvalue weighted by Gasteiger charge is -2.10. The van der Waals surface area contributed by atoms with Crippen LogP contribution in [0.15, 0.2) is 30.3 Å². The predicted molar refractivity (Wildman–Crippen MR) is 65.1 cm³/mol. The molecular formula is C13H8F4N2O. The van der Waals surface area contributed by atoms with E-state index in [2.05, 4.69) is 0 Å². The Morgan fingerprint density at radius 1 is 0.950 bits per heavy atom. The van der Waals surface area contributed by atoms with Crippen molar-refractivity contribution in [2.24, 2.45) is 0 Å². The van der Waals surface area contributed by atoms with Gasteiger partial charge in [-0.2, -0.15) is 0 Å². The number of halogens is 4. The van der Waals surface area contributed by atoms with Gasteiger partial charge < -0.3 is 11.1 Å². The largest absolute Gasteiger partial charge is 0.397 e. The number of carbonyl (C=O) groups excluding carboxylic acids is 1. The molecule has 1 amide bonds. The van der Waals surface area contributed by atoms with Crippen LogP contribution in [-0.2, 0) is 0 Å². The van der Waals surface area contributed by atoms with Gasteiger partial charge in [-0.15, -0.1) is 0 Å². The van der Waals surface area contributed by atoms with Gasteiger partial charge in [-0.25, -0.2) is 17.6 Å². The standard InChI is InChI=1S/C13H8F4N2O/c14-7-2-1-6(5-9(7)16)13(20)19-12-10(18)4-3-8(15)11(12)17/h1-5H,18H2,(H,19,20). The molecule has 0 saturated carbocycles. The van der Waals surface area contributed by atoms with E-state index in [1.54, 1.807) is 0 Å². The SMILES string of the molecule is Nc1ccc(F)c(F)c1NC(=O)c1ccc(F)c(F)c1. The van der Waals surface area contributed by atoms with Crippen LogP contribution in [0.4, 0.5) is 28.9 Å². The van der Waals surface area contributed by atoms with Crippen molar-refractivity contribution in [1.29, 1.82) is 0 Å². The van der Waals surface area contributed by atoms with E-state index in [4.69, 9.17) is 5.73 Å². The van der Waals surface area contributed by atoms with E-state index in [1.807, 2.05) is 5.32 Å². The zero-order chi connectivity index (χ0) is 14.9. The number of anilines is 2. The number of nitrogens with one attached hydrogen (secondary N) is 1. The highest BCUT2D eigenvalue weighted by Crippen LogP contribution is 2.25. The number of amides is 1. The number of carbonyl (C=O) groups is 1. The zero-order valence-corrected chi connectivity index (χ0v) is 9.88. The molecule has 0 bridgehead atoms. The van der Waals surface area contributed by atoms with Gasteiger partial charge >= 0.3 is 0 Å². The summed E-state index contributed by atoms with van der Waals surface area (Å²) in [5, 5.41) is 2.01. The molecule has 20 heavy (non-hydrogen) atoms. The second-order valence-electron chi connectivity index (χ2n) is 3.91. The van der Waals surface area contributed by atoms with Gasteiger partial charge in [0.1, 0.15) is 5.69 Å². The lowest BCUT2D eigenvalue weighted by atomic mass is 10.2. The molecule has 2 aromatic carbocycles. The van der Waals surface area contributed by atoms with E-state index < -0.39 is 34.9 Å². The number of rotatable bonds is 2. The van der Waals surface area contributed by atoms with Crippen LogP contribution >= 0.6 is 0 Å². The van der Waals surface area contributed by atoms with Crippen LogP contribution in [0.25, 0.3) is 0 Å². The number of benzene rings is 2. The van der Waals surface area contributed by atoms with Gasteiger partial charge in [0.15, 0.2) is 23.3 Å². The van der Waals surface area contributed by atoms with Crippen molar-refractivity contribution in [2.45, 2.75) is 0 Å². The van der Waals surface area contributed by atoms with Crippen LogP contribution in [0.1, 0.15) is 10.4 Å². The fourth-order valence-electron chi connectivity index (χ4n) is 1.52. The zero-order valence-electron chi connectivity index (χ0n) is 9.88. The smallest absolute Gasteiger partial charge is 0.255 e. The minimum absolute atomic E-state index is 0.195. The van der Waals surface area contributed by atoms with Gasteiger partial charge in [-0.05, 0) is 30.3 Å². The maximum absolute atomic E-state index is 13.5. The summed E-state index contributed by atoms with van der Waals surface area (Å²) in [7, 11) is 0. The molecule has 3 nitrogen and oxygen atoms in total. The first-order chi connectivity index (χ1) is 9.40. The minimum Gasteiger partial charge on any atom is -0.397 e. The Labute approximate surface area is 111 Å². The van der Waals surface area contributed by atoms with E-state index in [1.165, 1.54) is 0 Å². The lowest BCUT2D eigenvalue weighted by Crippen LogP contribution is -2.15. The Bertz CT molecular complexity index is 688. The van der Waals surface area contributed by atoms with Crippen molar-refractivity contribution in [1.82, 2.24) is 0 Å². The highest BCUT2D eigenvalue weighted by molar-refractivity contribution is 6.05. The third-order valence-electron chi connectivity index (χ3n) is 2.55. The Kier molecular flexibility index (Phi) is 3.60. The normalized spacial score (nSPS) is 10.4. The highest BCUT2D eigenvalue weighted by atomic mass is 19.2. The average Bonchev–Trinajstić information content (AvgIpc) is 2.42. The molecule has 104 valence electrons. The molecule has 2 rings (SSSR count). The molecule has 0 aromatic heterocycles. The van der Waals surface area contributed by atoms with Crippen LogP contribution in [-0.4, -0.2) is 5.91 Å². The molecule has 2 aromatic rings. The summed E-state index contributed by atoms with van der Waals surface area (Å²) >= 11 is 0.